The highest BCUT2D eigenvalue weighted by Gasteiger charge is 2.10. The number of H-pyrrole nitrogens is 1. The van der Waals surface area contributed by atoms with Crippen LogP contribution in [0, 0.1) is 0 Å². The van der Waals surface area contributed by atoms with E-state index in [-0.39, 0.29) is 45.9 Å². The Balaban J connectivity index is 2.00. The number of methoxy groups -OCH3 is 2. The lowest BCUT2D eigenvalue weighted by Crippen LogP contribution is -2.17. The minimum absolute atomic E-state index is 0.00102. The Kier molecular flexibility index (Phi) is 5.36. The first-order chi connectivity index (χ1) is 11.0. The minimum Gasteiger partial charge on any atom is -0.481 e. The van der Waals surface area contributed by atoms with E-state index in [2.05, 4.69) is 25.3 Å². The highest BCUT2D eigenvalue weighted by atomic mass is 32.2. The van der Waals surface area contributed by atoms with Gasteiger partial charge in [-0.05, 0) is 0 Å². The van der Waals surface area contributed by atoms with Crippen LogP contribution in [0.3, 0.4) is 0 Å². The van der Waals surface area contributed by atoms with Gasteiger partial charge in [0, 0.05) is 12.1 Å². The molecule has 4 N–H and O–H groups in total. The molecular formula is C12H14N6O4S. The van der Waals surface area contributed by atoms with Crippen LogP contribution in [0.5, 0.6) is 11.9 Å². The number of hydrogen-bond acceptors (Lipinski definition) is 9. The molecule has 0 saturated carbocycles. The van der Waals surface area contributed by atoms with Crippen LogP contribution in [-0.4, -0.2) is 45.8 Å². The molecule has 0 spiro atoms. The number of anilines is 2. The lowest BCUT2D eigenvalue weighted by atomic mass is 10.5. The smallest absolute Gasteiger partial charge is 0.321 e. The molecule has 2 heterocycles. The molecule has 0 saturated heterocycles. The molecule has 0 aliphatic heterocycles. The number of hydrogen-bond donors (Lipinski definition) is 3. The van der Waals surface area contributed by atoms with E-state index in [1.165, 1.54) is 20.3 Å². The maximum atomic E-state index is 11.9. The molecule has 0 radical (unpaired) electrons. The molecule has 11 heteroatoms. The zero-order valence-corrected chi connectivity index (χ0v) is 13.1. The number of amides is 1. The molecule has 0 fully saturated rings. The number of rotatable bonds is 6. The van der Waals surface area contributed by atoms with Gasteiger partial charge in [0.25, 0.3) is 5.56 Å². The maximum absolute atomic E-state index is 11.9. The van der Waals surface area contributed by atoms with E-state index in [0.29, 0.717) is 0 Å². The summed E-state index contributed by atoms with van der Waals surface area (Å²) in [5, 5.41) is 2.82. The fourth-order valence-corrected chi connectivity index (χ4v) is 2.18. The largest absolute Gasteiger partial charge is 0.481 e. The van der Waals surface area contributed by atoms with Crippen molar-refractivity contribution in [2.45, 2.75) is 5.16 Å². The van der Waals surface area contributed by atoms with Crippen LogP contribution >= 0.6 is 11.8 Å². The molecule has 0 bridgehead atoms. The molecule has 0 aromatic carbocycles. The Hall–Kier alpha value is -2.82. The average molecular weight is 338 g/mol. The number of nitrogens with zero attached hydrogens (tertiary/aromatic N) is 3. The number of nitrogen functional groups attached to an aromatic ring is 1. The standard InChI is InChI=1S/C12H14N6O4S/c1-21-10-4-7(16-11(18-10)22-2)15-9(20)5-23-12-14-6(13)3-8(19)17-12/h3-4H,5H2,1-2H3,(H3,13,14,17,19)(H,15,16,18,20). The average Bonchev–Trinajstić information content (AvgIpc) is 2.51. The molecule has 0 atom stereocenters. The molecule has 2 aromatic rings. The Bertz CT molecular complexity index is 743. The zero-order valence-electron chi connectivity index (χ0n) is 12.3. The van der Waals surface area contributed by atoms with E-state index < -0.39 is 0 Å². The van der Waals surface area contributed by atoms with Crippen molar-refractivity contribution in [3.63, 3.8) is 0 Å². The van der Waals surface area contributed by atoms with Gasteiger partial charge in [-0.15, -0.1) is 0 Å². The van der Waals surface area contributed by atoms with Crippen molar-refractivity contribution < 1.29 is 14.3 Å². The van der Waals surface area contributed by atoms with Crippen molar-refractivity contribution in [2.75, 3.05) is 31.0 Å². The van der Waals surface area contributed by atoms with Crippen molar-refractivity contribution in [2.24, 2.45) is 0 Å². The fourth-order valence-electron chi connectivity index (χ4n) is 1.50. The Labute approximate surface area is 134 Å². The van der Waals surface area contributed by atoms with Gasteiger partial charge in [0.1, 0.15) is 11.6 Å². The van der Waals surface area contributed by atoms with Gasteiger partial charge < -0.3 is 25.5 Å². The van der Waals surface area contributed by atoms with Gasteiger partial charge in [-0.1, -0.05) is 11.8 Å². The predicted molar refractivity (Wildman–Crippen MR) is 83.8 cm³/mol. The summed E-state index contributed by atoms with van der Waals surface area (Å²) in [5.74, 6) is 0.209. The third-order valence-electron chi connectivity index (χ3n) is 2.42. The minimum atomic E-state index is -0.384. The van der Waals surface area contributed by atoms with E-state index in [4.69, 9.17) is 15.2 Å². The second-order valence-electron chi connectivity index (χ2n) is 4.09. The van der Waals surface area contributed by atoms with E-state index in [0.717, 1.165) is 17.8 Å². The number of thioether (sulfide) groups is 1. The summed E-state index contributed by atoms with van der Waals surface area (Å²) in [5.41, 5.74) is 5.08. The Morgan fingerprint density at radius 3 is 2.74 bits per heavy atom. The van der Waals surface area contributed by atoms with Crippen LogP contribution in [0.4, 0.5) is 11.6 Å². The number of carbonyl (C=O) groups excluding carboxylic acids is 1. The Morgan fingerprint density at radius 1 is 1.30 bits per heavy atom. The fraction of sp³-hybridized carbons (Fsp3) is 0.250. The van der Waals surface area contributed by atoms with E-state index in [9.17, 15) is 9.59 Å². The van der Waals surface area contributed by atoms with Gasteiger partial charge >= 0.3 is 6.01 Å². The van der Waals surface area contributed by atoms with Gasteiger partial charge in [-0.25, -0.2) is 4.98 Å². The van der Waals surface area contributed by atoms with Crippen molar-refractivity contribution >= 4 is 29.3 Å². The number of nitrogens with two attached hydrogens (primary N) is 1. The van der Waals surface area contributed by atoms with Crippen LogP contribution < -0.4 is 26.1 Å². The van der Waals surface area contributed by atoms with Crippen molar-refractivity contribution in [3.05, 3.63) is 22.5 Å². The quantitative estimate of drug-likeness (QED) is 0.485. The lowest BCUT2D eigenvalue weighted by Gasteiger charge is -2.07. The molecule has 0 aliphatic carbocycles. The van der Waals surface area contributed by atoms with Crippen molar-refractivity contribution in [1.29, 1.82) is 0 Å². The summed E-state index contributed by atoms with van der Waals surface area (Å²) in [7, 11) is 2.84. The summed E-state index contributed by atoms with van der Waals surface area (Å²) in [6, 6.07) is 2.67. The lowest BCUT2D eigenvalue weighted by molar-refractivity contribution is -0.113. The summed E-state index contributed by atoms with van der Waals surface area (Å²) in [4.78, 5) is 37.5. The number of aromatic amines is 1. The van der Waals surface area contributed by atoms with Gasteiger partial charge in [-0.2, -0.15) is 9.97 Å². The van der Waals surface area contributed by atoms with Gasteiger partial charge in [0.2, 0.25) is 11.8 Å². The van der Waals surface area contributed by atoms with Crippen LogP contribution in [-0.2, 0) is 4.79 Å². The first-order valence-corrected chi connectivity index (χ1v) is 7.25. The van der Waals surface area contributed by atoms with Crippen LogP contribution in [0.2, 0.25) is 0 Å². The molecule has 10 nitrogen and oxygen atoms in total. The monoisotopic (exact) mass is 338 g/mol. The summed E-state index contributed by atoms with van der Waals surface area (Å²) < 4.78 is 9.90. The molecule has 0 unspecified atom stereocenters. The summed E-state index contributed by atoms with van der Waals surface area (Å²) >= 11 is 1.03. The maximum Gasteiger partial charge on any atom is 0.321 e. The molecule has 2 rings (SSSR count). The highest BCUT2D eigenvalue weighted by Crippen LogP contribution is 2.18. The van der Waals surface area contributed by atoms with Gasteiger partial charge in [0.15, 0.2) is 5.16 Å². The van der Waals surface area contributed by atoms with Crippen LogP contribution in [0.1, 0.15) is 0 Å². The predicted octanol–water partition coefficient (Wildman–Crippen LogP) is -0.110. The molecule has 0 aliphatic rings. The zero-order chi connectivity index (χ0) is 16.8. The number of nitrogens with one attached hydrogen (secondary N) is 2. The summed E-state index contributed by atoms with van der Waals surface area (Å²) in [6.45, 7) is 0. The van der Waals surface area contributed by atoms with Crippen molar-refractivity contribution in [3.8, 4) is 11.9 Å². The molecule has 23 heavy (non-hydrogen) atoms. The SMILES string of the molecule is COc1cc(NC(=O)CSc2nc(N)cc(=O)[nH]2)nc(OC)n1. The molecule has 2 aromatic heterocycles. The first kappa shape index (κ1) is 16.5. The first-order valence-electron chi connectivity index (χ1n) is 6.26. The number of carbonyl (C=O) groups is 1. The van der Waals surface area contributed by atoms with E-state index in [1.54, 1.807) is 0 Å². The van der Waals surface area contributed by atoms with Crippen LogP contribution in [0.25, 0.3) is 0 Å². The second kappa shape index (κ2) is 7.45. The number of aromatic nitrogens is 4. The molecule has 122 valence electrons. The molecular weight excluding hydrogens is 324 g/mol. The second-order valence-corrected chi connectivity index (χ2v) is 5.06. The normalized spacial score (nSPS) is 10.2. The highest BCUT2D eigenvalue weighted by molar-refractivity contribution is 7.99. The Morgan fingerprint density at radius 2 is 2.09 bits per heavy atom. The third kappa shape index (κ3) is 4.85. The summed E-state index contributed by atoms with van der Waals surface area (Å²) in [6.07, 6.45) is 0. The van der Waals surface area contributed by atoms with Crippen molar-refractivity contribution in [1.82, 2.24) is 19.9 Å². The third-order valence-corrected chi connectivity index (χ3v) is 3.29. The number of ether oxygens (including phenoxy) is 2. The topological polar surface area (TPSA) is 145 Å². The molecule has 1 amide bonds. The van der Waals surface area contributed by atoms with E-state index in [1.807, 2.05) is 0 Å². The van der Waals surface area contributed by atoms with E-state index >= 15 is 0 Å². The van der Waals surface area contributed by atoms with Crippen LogP contribution in [0.15, 0.2) is 22.1 Å². The van der Waals surface area contributed by atoms with Gasteiger partial charge in [-0.3, -0.25) is 9.59 Å². The van der Waals surface area contributed by atoms with Gasteiger partial charge in [0.05, 0.1) is 20.0 Å².